The summed E-state index contributed by atoms with van der Waals surface area (Å²) in [5, 5.41) is 31.4. The fourth-order valence-electron chi connectivity index (χ4n) is 4.52. The quantitative estimate of drug-likeness (QED) is 0.423. The van der Waals surface area contributed by atoms with Crippen molar-refractivity contribution in [2.75, 3.05) is 13.1 Å². The molecule has 4 N–H and O–H groups in total. The van der Waals surface area contributed by atoms with Crippen molar-refractivity contribution in [1.82, 2.24) is 19.7 Å². The molecule has 11 heteroatoms. The SMILES string of the molecule is CC(C)c1cc(-c2nnc(C(N)=O)n2-c2ccc(CN3CCC(C(=O)N=O)CC3)cc2)c(O)cc1O. The number of hydrogen-bond donors (Lipinski definition) is 3. The number of nitroso groups, excluding NO2 is 1. The topological polar surface area (TPSA) is 164 Å². The van der Waals surface area contributed by atoms with E-state index < -0.39 is 11.8 Å². The second-order valence-corrected chi connectivity index (χ2v) is 9.28. The summed E-state index contributed by atoms with van der Waals surface area (Å²) >= 11 is 0. The van der Waals surface area contributed by atoms with E-state index >= 15 is 0 Å². The van der Waals surface area contributed by atoms with Crippen molar-refractivity contribution >= 4 is 11.8 Å². The Bertz CT molecular complexity index is 1290. The summed E-state index contributed by atoms with van der Waals surface area (Å²) in [5.74, 6) is -1.78. The van der Waals surface area contributed by atoms with Gasteiger partial charge >= 0.3 is 0 Å². The van der Waals surface area contributed by atoms with Gasteiger partial charge in [-0.1, -0.05) is 26.0 Å². The summed E-state index contributed by atoms with van der Waals surface area (Å²) in [6.07, 6.45) is 1.20. The van der Waals surface area contributed by atoms with Gasteiger partial charge in [0.25, 0.3) is 11.8 Å². The van der Waals surface area contributed by atoms with Gasteiger partial charge in [-0.05, 0) is 61.2 Å². The molecule has 0 bridgehead atoms. The number of aromatic hydroxyl groups is 2. The lowest BCUT2D eigenvalue weighted by Gasteiger charge is -2.30. The number of phenolic OH excluding ortho intramolecular Hbond substituents is 2. The lowest BCUT2D eigenvalue weighted by Crippen LogP contribution is -2.35. The predicted octanol–water partition coefficient (Wildman–Crippen LogP) is 3.07. The molecule has 0 aliphatic carbocycles. The Kier molecular flexibility index (Phi) is 7.11. The molecule has 188 valence electrons. The van der Waals surface area contributed by atoms with Crippen LogP contribution in [0.5, 0.6) is 11.5 Å². The third-order valence-corrected chi connectivity index (χ3v) is 6.52. The highest BCUT2D eigenvalue weighted by Gasteiger charge is 2.26. The summed E-state index contributed by atoms with van der Waals surface area (Å²) in [6, 6.07) is 10.3. The van der Waals surface area contributed by atoms with Crippen molar-refractivity contribution in [3.05, 3.63) is 58.3 Å². The molecule has 1 fully saturated rings. The maximum atomic E-state index is 12.1. The van der Waals surface area contributed by atoms with Crippen LogP contribution in [-0.4, -0.2) is 54.8 Å². The fourth-order valence-corrected chi connectivity index (χ4v) is 4.52. The van der Waals surface area contributed by atoms with Crippen LogP contribution in [0.3, 0.4) is 0 Å². The number of likely N-dealkylation sites (tertiary alicyclic amines) is 1. The van der Waals surface area contributed by atoms with E-state index in [0.29, 0.717) is 49.3 Å². The van der Waals surface area contributed by atoms with E-state index in [2.05, 4.69) is 20.3 Å². The maximum absolute atomic E-state index is 12.1. The number of nitrogens with zero attached hydrogens (tertiary/aromatic N) is 5. The smallest absolute Gasteiger partial charge is 0.289 e. The average Bonchev–Trinajstić information content (AvgIpc) is 3.29. The number of benzene rings is 2. The van der Waals surface area contributed by atoms with Crippen molar-refractivity contribution in [1.29, 1.82) is 0 Å². The first kappa shape index (κ1) is 25.0. The molecule has 1 aliphatic rings. The highest BCUT2D eigenvalue weighted by atomic mass is 16.3. The highest BCUT2D eigenvalue weighted by Crippen LogP contribution is 2.38. The van der Waals surface area contributed by atoms with Crippen molar-refractivity contribution in [3.8, 4) is 28.6 Å². The Balaban J connectivity index is 1.62. The van der Waals surface area contributed by atoms with Gasteiger partial charge < -0.3 is 15.9 Å². The number of carbonyl (C=O) groups is 2. The average molecular weight is 493 g/mol. The summed E-state index contributed by atoms with van der Waals surface area (Å²) in [7, 11) is 0. The maximum Gasteiger partial charge on any atom is 0.289 e. The predicted molar refractivity (Wildman–Crippen MR) is 132 cm³/mol. The molecule has 3 aromatic rings. The third-order valence-electron chi connectivity index (χ3n) is 6.52. The molecular formula is C25H28N6O5. The van der Waals surface area contributed by atoms with E-state index in [1.165, 1.54) is 10.6 Å². The van der Waals surface area contributed by atoms with Crippen LogP contribution in [0.15, 0.2) is 41.6 Å². The molecule has 36 heavy (non-hydrogen) atoms. The van der Waals surface area contributed by atoms with Crippen LogP contribution < -0.4 is 5.73 Å². The molecule has 2 aromatic carbocycles. The minimum Gasteiger partial charge on any atom is -0.508 e. The van der Waals surface area contributed by atoms with Crippen LogP contribution in [0, 0.1) is 10.8 Å². The number of hydrogen-bond acceptors (Lipinski definition) is 8. The number of rotatable bonds is 7. The minimum absolute atomic E-state index is 0.0199. The lowest BCUT2D eigenvalue weighted by molar-refractivity contribution is -0.123. The first-order valence-corrected chi connectivity index (χ1v) is 11.7. The number of amides is 2. The Labute approximate surface area is 207 Å². The second kappa shape index (κ2) is 10.2. The molecule has 0 atom stereocenters. The van der Waals surface area contributed by atoms with E-state index in [0.717, 1.165) is 5.56 Å². The molecule has 0 saturated carbocycles. The first-order chi connectivity index (χ1) is 17.2. The van der Waals surface area contributed by atoms with Crippen LogP contribution >= 0.6 is 0 Å². The zero-order valence-electron chi connectivity index (χ0n) is 20.1. The third kappa shape index (κ3) is 4.96. The number of carbonyl (C=O) groups excluding carboxylic acids is 2. The molecule has 2 amide bonds. The van der Waals surface area contributed by atoms with Crippen LogP contribution in [-0.2, 0) is 11.3 Å². The van der Waals surface area contributed by atoms with Gasteiger partial charge in [-0.15, -0.1) is 15.1 Å². The van der Waals surface area contributed by atoms with Crippen LogP contribution in [0.4, 0.5) is 0 Å². The van der Waals surface area contributed by atoms with Gasteiger partial charge in [0.2, 0.25) is 5.82 Å². The standard InChI is InChI=1S/C25H28N6O5/c1-14(2)18-11-19(21(33)12-20(18)32)23-27-28-24(22(26)34)31(23)17-5-3-15(4-6-17)13-30-9-7-16(8-10-30)25(35)29-36/h3-6,11-12,14,16,32-33H,7-10,13H2,1-2H3,(H2,26,34). The molecule has 1 aromatic heterocycles. The summed E-state index contributed by atoms with van der Waals surface area (Å²) in [6.45, 7) is 5.85. The van der Waals surface area contributed by atoms with Crippen LogP contribution in [0.1, 0.15) is 54.4 Å². The molecule has 0 spiro atoms. The largest absolute Gasteiger partial charge is 0.508 e. The summed E-state index contributed by atoms with van der Waals surface area (Å²) in [4.78, 5) is 36.3. The number of primary amides is 1. The Morgan fingerprint density at radius 2 is 1.75 bits per heavy atom. The number of phenols is 2. The lowest BCUT2D eigenvalue weighted by atomic mass is 9.96. The van der Waals surface area contributed by atoms with Crippen molar-refractivity contribution in [3.63, 3.8) is 0 Å². The number of aromatic nitrogens is 3. The Morgan fingerprint density at radius 3 is 2.33 bits per heavy atom. The van der Waals surface area contributed by atoms with Gasteiger partial charge in [0.1, 0.15) is 11.5 Å². The van der Waals surface area contributed by atoms with E-state index in [4.69, 9.17) is 5.73 Å². The molecule has 4 rings (SSSR count). The van der Waals surface area contributed by atoms with E-state index in [1.807, 2.05) is 38.1 Å². The number of nitrogens with two attached hydrogens (primary N) is 1. The molecule has 11 nitrogen and oxygen atoms in total. The number of piperidine rings is 1. The van der Waals surface area contributed by atoms with Crippen molar-refractivity contribution in [2.24, 2.45) is 16.8 Å². The van der Waals surface area contributed by atoms with Gasteiger partial charge in [0.05, 0.1) is 5.56 Å². The molecule has 0 radical (unpaired) electrons. The van der Waals surface area contributed by atoms with Crippen molar-refractivity contribution in [2.45, 2.75) is 39.2 Å². The zero-order valence-corrected chi connectivity index (χ0v) is 20.1. The second-order valence-electron chi connectivity index (χ2n) is 9.28. The van der Waals surface area contributed by atoms with Crippen LogP contribution in [0.25, 0.3) is 17.1 Å². The Hall–Kier alpha value is -4.12. The molecule has 1 aliphatic heterocycles. The molecule has 1 saturated heterocycles. The van der Waals surface area contributed by atoms with E-state index in [9.17, 15) is 24.7 Å². The summed E-state index contributed by atoms with van der Waals surface area (Å²) in [5.41, 5.74) is 8.07. The van der Waals surface area contributed by atoms with Crippen molar-refractivity contribution < 1.29 is 19.8 Å². The highest BCUT2D eigenvalue weighted by molar-refractivity contribution is 5.91. The molecule has 0 unspecified atom stereocenters. The summed E-state index contributed by atoms with van der Waals surface area (Å²) < 4.78 is 1.48. The van der Waals surface area contributed by atoms with Gasteiger partial charge in [-0.25, -0.2) is 0 Å². The van der Waals surface area contributed by atoms with Gasteiger partial charge in [0, 0.05) is 29.4 Å². The van der Waals surface area contributed by atoms with E-state index in [-0.39, 0.29) is 35.0 Å². The minimum atomic E-state index is -0.776. The molecular weight excluding hydrogens is 464 g/mol. The normalized spacial score (nSPS) is 14.8. The first-order valence-electron chi connectivity index (χ1n) is 11.7. The van der Waals surface area contributed by atoms with Gasteiger partial charge in [-0.3, -0.25) is 19.1 Å². The van der Waals surface area contributed by atoms with E-state index in [1.54, 1.807) is 6.07 Å². The van der Waals surface area contributed by atoms with Gasteiger partial charge in [-0.2, -0.15) is 0 Å². The van der Waals surface area contributed by atoms with Gasteiger partial charge in [0.15, 0.2) is 5.82 Å². The Morgan fingerprint density at radius 1 is 1.08 bits per heavy atom. The van der Waals surface area contributed by atoms with Crippen LogP contribution in [0.2, 0.25) is 0 Å². The zero-order chi connectivity index (χ0) is 26.0. The monoisotopic (exact) mass is 492 g/mol. The molecule has 2 heterocycles. The fraction of sp³-hybridized carbons (Fsp3) is 0.360.